The van der Waals surface area contributed by atoms with Gasteiger partial charge in [-0.2, -0.15) is 0 Å². The number of phosphoric ester groups is 2. The largest absolute Gasteiger partial charge is 0.472 e. The van der Waals surface area contributed by atoms with E-state index in [2.05, 4.69) is 130 Å². The molecule has 4 N–H and O–H groups in total. The first kappa shape index (κ1) is 95.2. The molecule has 0 saturated carbocycles. The second kappa shape index (κ2) is 73.9. The van der Waals surface area contributed by atoms with Crippen LogP contribution >= 0.6 is 15.6 Å². The third-order valence-corrected chi connectivity index (χ3v) is 18.4. The van der Waals surface area contributed by atoms with Crippen LogP contribution in [0.3, 0.4) is 0 Å². The molecule has 0 aliphatic carbocycles. The summed E-state index contributed by atoms with van der Waals surface area (Å²) in [5, 5.41) is 20.6. The maximum absolute atomic E-state index is 12.9. The molecule has 0 aromatic heterocycles. The van der Waals surface area contributed by atoms with Gasteiger partial charge in [0.05, 0.1) is 26.4 Å². The van der Waals surface area contributed by atoms with Crippen LogP contribution in [0.25, 0.3) is 0 Å². The molecule has 5 atom stereocenters. The van der Waals surface area contributed by atoms with E-state index in [1.54, 1.807) is 0 Å². The smallest absolute Gasteiger partial charge is 0.463 e. The molecule has 0 heterocycles. The summed E-state index contributed by atoms with van der Waals surface area (Å²) in [6, 6.07) is 0. The van der Waals surface area contributed by atoms with Crippen molar-refractivity contribution in [3.8, 4) is 0 Å². The first-order chi connectivity index (χ1) is 48.2. The van der Waals surface area contributed by atoms with Crippen molar-refractivity contribution < 1.29 is 75.8 Å². The number of esters is 3. The molecular formula is C81H142O16P2. The number of hydrogen-bond donors (Lipinski definition) is 4. The third kappa shape index (κ3) is 75.2. The van der Waals surface area contributed by atoms with Gasteiger partial charge in [-0.1, -0.05) is 316 Å². The number of rotatable bonds is 74. The number of ether oxygens (including phenoxy) is 3. The third-order valence-electron chi connectivity index (χ3n) is 16.5. The number of hydrogen-bond acceptors (Lipinski definition) is 14. The Bertz CT molecular complexity index is 2240. The fourth-order valence-electron chi connectivity index (χ4n) is 10.6. The van der Waals surface area contributed by atoms with Crippen molar-refractivity contribution in [2.24, 2.45) is 0 Å². The Balaban J connectivity index is 4.46. The maximum atomic E-state index is 12.9. The van der Waals surface area contributed by atoms with Crippen LogP contribution in [-0.4, -0.2) is 95.9 Å². The van der Waals surface area contributed by atoms with E-state index in [1.807, 2.05) is 0 Å². The molecule has 0 aliphatic heterocycles. The van der Waals surface area contributed by atoms with Crippen molar-refractivity contribution in [2.75, 3.05) is 39.6 Å². The average Bonchev–Trinajstić information content (AvgIpc) is 2.96. The quantitative estimate of drug-likeness (QED) is 0.0146. The SMILES string of the molecule is CC/C=C\C/C=C\C/C=C\C/C=C\C/C=C\CCCCCCCCCCCCCCCCCC(=O)OCC(O)COP(=O)(O)OCC(O)COP(=O)(O)OCC(COC(=O)CCCCCC/C=C\C/C=C\C/C=C\C/C=C\CC)OC(=O)CCCCCCCCCCCCCCCCC. The molecule has 0 aromatic carbocycles. The lowest BCUT2D eigenvalue weighted by Gasteiger charge is -2.21. The Kier molecular flexibility index (Phi) is 71.1. The van der Waals surface area contributed by atoms with Gasteiger partial charge in [0.2, 0.25) is 0 Å². The average molecular weight is 1430 g/mol. The standard InChI is InChI=1S/C81H142O16P2/c1-4-7-10-13-16-19-22-25-28-30-31-32-33-34-35-36-37-38-39-40-41-42-43-45-48-49-52-55-58-61-64-67-79(84)91-70-76(82)71-93-98(87,88)94-72-77(83)73-95-99(89,90)96-75-78(97-81(86)69-66-63-60-57-54-51-46-27-24-21-18-15-12-9-6-3)74-92-80(85)68-65-62-59-56-53-50-47-44-29-26-23-20-17-14-11-8-5-2/h7-8,10-11,16-17,19-20,25-26,28-29,31-32,34-35,47,50,76-78,82-83H,4-6,9,12-15,18,21-24,27,30,33,36-46,48-49,51-75H2,1-3H3,(H,87,88)(H,89,90)/b10-7-,11-8-,19-16-,20-17-,28-25-,29-26-,32-31-,35-34-,50-47-. The highest BCUT2D eigenvalue weighted by molar-refractivity contribution is 7.47. The van der Waals surface area contributed by atoms with Crippen molar-refractivity contribution in [3.63, 3.8) is 0 Å². The molecule has 5 unspecified atom stereocenters. The lowest BCUT2D eigenvalue weighted by molar-refractivity contribution is -0.161. The van der Waals surface area contributed by atoms with E-state index in [9.17, 15) is 43.5 Å². The van der Waals surface area contributed by atoms with E-state index < -0.39 is 91.5 Å². The maximum Gasteiger partial charge on any atom is 0.472 e. The molecule has 572 valence electrons. The molecule has 0 radical (unpaired) electrons. The summed E-state index contributed by atoms with van der Waals surface area (Å²) in [6.07, 6.45) is 85.7. The highest BCUT2D eigenvalue weighted by Crippen LogP contribution is 2.45. The van der Waals surface area contributed by atoms with Crippen LogP contribution in [0.4, 0.5) is 0 Å². The van der Waals surface area contributed by atoms with Gasteiger partial charge in [0, 0.05) is 19.3 Å². The lowest BCUT2D eigenvalue weighted by atomic mass is 10.0. The number of allylic oxidation sites excluding steroid dienone is 18. The molecule has 0 bridgehead atoms. The Labute approximate surface area is 602 Å². The zero-order valence-corrected chi connectivity index (χ0v) is 64.2. The number of unbranched alkanes of at least 4 members (excludes halogenated alkanes) is 33. The van der Waals surface area contributed by atoms with Gasteiger partial charge in [-0.3, -0.25) is 32.5 Å². The second-order valence-electron chi connectivity index (χ2n) is 26.1. The zero-order valence-electron chi connectivity index (χ0n) is 62.4. The molecule has 16 nitrogen and oxygen atoms in total. The van der Waals surface area contributed by atoms with Gasteiger partial charge in [-0.25, -0.2) is 9.13 Å². The predicted octanol–water partition coefficient (Wildman–Crippen LogP) is 22.8. The molecule has 0 fully saturated rings. The summed E-state index contributed by atoms with van der Waals surface area (Å²) >= 11 is 0. The first-order valence-corrected chi connectivity index (χ1v) is 42.2. The van der Waals surface area contributed by atoms with Crippen LogP contribution in [0, 0.1) is 0 Å². The van der Waals surface area contributed by atoms with Gasteiger partial charge in [-0.05, 0) is 103 Å². The topological polar surface area (TPSA) is 231 Å². The Morgan fingerprint density at radius 1 is 0.293 bits per heavy atom. The van der Waals surface area contributed by atoms with Gasteiger partial charge < -0.3 is 34.2 Å². The van der Waals surface area contributed by atoms with Gasteiger partial charge in [0.1, 0.15) is 25.4 Å². The summed E-state index contributed by atoms with van der Waals surface area (Å²) in [5.74, 6) is -1.59. The van der Waals surface area contributed by atoms with Crippen molar-refractivity contribution >= 4 is 33.6 Å². The van der Waals surface area contributed by atoms with E-state index in [4.69, 9.17) is 32.3 Å². The number of phosphoric acid groups is 2. The summed E-state index contributed by atoms with van der Waals surface area (Å²) in [6.45, 7) is 2.46. The fraction of sp³-hybridized carbons (Fsp3) is 0.741. The molecule has 0 saturated heterocycles. The highest BCUT2D eigenvalue weighted by atomic mass is 31.2. The molecule has 0 rings (SSSR count). The summed E-state index contributed by atoms with van der Waals surface area (Å²) in [4.78, 5) is 58.6. The number of carbonyl (C=O) groups excluding carboxylic acids is 3. The van der Waals surface area contributed by atoms with Crippen molar-refractivity contribution in [2.45, 2.75) is 347 Å². The van der Waals surface area contributed by atoms with Crippen molar-refractivity contribution in [1.82, 2.24) is 0 Å². The van der Waals surface area contributed by atoms with E-state index in [0.717, 1.165) is 128 Å². The monoisotopic (exact) mass is 1430 g/mol. The summed E-state index contributed by atoms with van der Waals surface area (Å²) in [5.41, 5.74) is 0. The van der Waals surface area contributed by atoms with Crippen LogP contribution in [0.15, 0.2) is 109 Å². The minimum absolute atomic E-state index is 0.102. The van der Waals surface area contributed by atoms with Gasteiger partial charge >= 0.3 is 33.6 Å². The highest BCUT2D eigenvalue weighted by Gasteiger charge is 2.29. The molecule has 0 aliphatic rings. The summed E-state index contributed by atoms with van der Waals surface area (Å²) < 4.78 is 61.1. The lowest BCUT2D eigenvalue weighted by Crippen LogP contribution is -2.30. The molecule has 0 spiro atoms. The molecule has 0 amide bonds. The van der Waals surface area contributed by atoms with Crippen molar-refractivity contribution in [3.05, 3.63) is 109 Å². The van der Waals surface area contributed by atoms with Crippen LogP contribution < -0.4 is 0 Å². The number of aliphatic hydroxyl groups excluding tert-OH is 2. The molecular weight excluding hydrogens is 1290 g/mol. The Morgan fingerprint density at radius 2 is 0.535 bits per heavy atom. The minimum atomic E-state index is -4.93. The zero-order chi connectivity index (χ0) is 72.3. The second-order valence-corrected chi connectivity index (χ2v) is 29.0. The summed E-state index contributed by atoms with van der Waals surface area (Å²) in [7, 11) is -9.79. The van der Waals surface area contributed by atoms with E-state index in [1.165, 1.54) is 141 Å². The van der Waals surface area contributed by atoms with Gasteiger partial charge in [0.25, 0.3) is 0 Å². The van der Waals surface area contributed by atoms with E-state index in [-0.39, 0.29) is 19.3 Å². The number of aliphatic hydroxyl groups is 2. The van der Waals surface area contributed by atoms with Crippen LogP contribution in [0.1, 0.15) is 329 Å². The van der Waals surface area contributed by atoms with E-state index >= 15 is 0 Å². The first-order valence-electron chi connectivity index (χ1n) is 39.2. The van der Waals surface area contributed by atoms with Crippen molar-refractivity contribution in [1.29, 1.82) is 0 Å². The van der Waals surface area contributed by atoms with Gasteiger partial charge in [-0.15, -0.1) is 0 Å². The van der Waals surface area contributed by atoms with Gasteiger partial charge in [0.15, 0.2) is 6.10 Å². The number of carbonyl (C=O) groups is 3. The van der Waals surface area contributed by atoms with Crippen LogP contribution in [0.2, 0.25) is 0 Å². The van der Waals surface area contributed by atoms with Crippen LogP contribution in [-0.2, 0) is 55.8 Å². The molecule has 18 heteroatoms. The van der Waals surface area contributed by atoms with E-state index in [0.29, 0.717) is 19.3 Å². The fourth-order valence-corrected chi connectivity index (χ4v) is 12.2. The normalized spacial score (nSPS) is 14.6. The Hall–Kier alpha value is -3.79. The Morgan fingerprint density at radius 3 is 0.848 bits per heavy atom. The molecule has 0 aromatic rings. The predicted molar refractivity (Wildman–Crippen MR) is 408 cm³/mol. The van der Waals surface area contributed by atoms with Crippen LogP contribution in [0.5, 0.6) is 0 Å². The minimum Gasteiger partial charge on any atom is -0.463 e. The molecule has 99 heavy (non-hydrogen) atoms.